The molecule has 0 bridgehead atoms. The molecule has 3 nitrogen and oxygen atoms in total. The highest BCUT2D eigenvalue weighted by Crippen LogP contribution is 2.30. The van der Waals surface area contributed by atoms with Crippen LogP contribution in [0.25, 0.3) is 0 Å². The predicted molar refractivity (Wildman–Crippen MR) is 76.6 cm³/mol. The Balaban J connectivity index is 2.92. The summed E-state index contributed by atoms with van der Waals surface area (Å²) in [5, 5.41) is 18.1. The highest BCUT2D eigenvalue weighted by Gasteiger charge is 2.12. The van der Waals surface area contributed by atoms with Gasteiger partial charge in [-0.25, -0.2) is 0 Å². The number of ether oxygens (including phenoxy) is 1. The SMILES string of the molecule is Cc1cc(OCC(O)CO)c(C(C)C)cc1I. The molecule has 1 aromatic carbocycles. The summed E-state index contributed by atoms with van der Waals surface area (Å²) in [6.07, 6.45) is -0.824. The number of aryl methyl sites for hydroxylation is 1. The fourth-order valence-corrected chi connectivity index (χ4v) is 1.98. The molecule has 1 aromatic rings. The number of aliphatic hydroxyl groups excluding tert-OH is 2. The Bertz CT molecular complexity index is 377. The van der Waals surface area contributed by atoms with E-state index >= 15 is 0 Å². The molecule has 0 spiro atoms. The van der Waals surface area contributed by atoms with E-state index in [4.69, 9.17) is 9.84 Å². The Morgan fingerprint density at radius 1 is 1.35 bits per heavy atom. The van der Waals surface area contributed by atoms with Crippen molar-refractivity contribution >= 4 is 22.6 Å². The van der Waals surface area contributed by atoms with Crippen molar-refractivity contribution in [3.63, 3.8) is 0 Å². The molecule has 0 heterocycles. The van der Waals surface area contributed by atoms with Gasteiger partial charge in [-0.2, -0.15) is 0 Å². The first-order chi connectivity index (χ1) is 7.95. The normalized spacial score (nSPS) is 12.9. The molecule has 96 valence electrons. The van der Waals surface area contributed by atoms with Crippen molar-refractivity contribution in [2.24, 2.45) is 0 Å². The van der Waals surface area contributed by atoms with Gasteiger partial charge in [-0.15, -0.1) is 0 Å². The molecule has 1 atom stereocenters. The Kier molecular flexibility index (Phi) is 5.69. The first-order valence-electron chi connectivity index (χ1n) is 5.67. The number of aliphatic hydroxyl groups is 2. The lowest BCUT2D eigenvalue weighted by molar-refractivity contribution is 0.0532. The van der Waals surface area contributed by atoms with Gasteiger partial charge < -0.3 is 14.9 Å². The van der Waals surface area contributed by atoms with E-state index in [0.717, 1.165) is 16.9 Å². The molecule has 0 aromatic heterocycles. The second kappa shape index (κ2) is 6.56. The second-order valence-corrected chi connectivity index (χ2v) is 5.60. The Morgan fingerprint density at radius 2 is 2.00 bits per heavy atom. The highest BCUT2D eigenvalue weighted by atomic mass is 127. The summed E-state index contributed by atoms with van der Waals surface area (Å²) in [5.74, 6) is 1.16. The van der Waals surface area contributed by atoms with Crippen LogP contribution in [0.15, 0.2) is 12.1 Å². The van der Waals surface area contributed by atoms with E-state index in [9.17, 15) is 5.11 Å². The van der Waals surface area contributed by atoms with Gasteiger partial charge in [-0.05, 0) is 58.7 Å². The molecule has 0 aliphatic carbocycles. The minimum absolute atomic E-state index is 0.121. The summed E-state index contributed by atoms with van der Waals surface area (Å²) in [6, 6.07) is 4.10. The minimum atomic E-state index is -0.824. The monoisotopic (exact) mass is 350 g/mol. The average molecular weight is 350 g/mol. The Morgan fingerprint density at radius 3 is 2.53 bits per heavy atom. The molecule has 17 heavy (non-hydrogen) atoms. The van der Waals surface area contributed by atoms with Gasteiger partial charge in [0.25, 0.3) is 0 Å². The van der Waals surface area contributed by atoms with Crippen LogP contribution in [0.1, 0.15) is 30.9 Å². The second-order valence-electron chi connectivity index (χ2n) is 4.44. The molecule has 1 rings (SSSR count). The molecule has 2 N–H and O–H groups in total. The lowest BCUT2D eigenvalue weighted by Gasteiger charge is -2.17. The third-order valence-corrected chi connectivity index (χ3v) is 3.72. The average Bonchev–Trinajstić information content (AvgIpc) is 2.29. The zero-order valence-electron chi connectivity index (χ0n) is 10.4. The van der Waals surface area contributed by atoms with Crippen molar-refractivity contribution in [1.82, 2.24) is 0 Å². The van der Waals surface area contributed by atoms with E-state index in [1.807, 2.05) is 13.0 Å². The molecule has 1 unspecified atom stereocenters. The van der Waals surface area contributed by atoms with Crippen molar-refractivity contribution in [2.45, 2.75) is 32.8 Å². The summed E-state index contributed by atoms with van der Waals surface area (Å²) in [5.41, 5.74) is 2.29. The van der Waals surface area contributed by atoms with E-state index in [2.05, 4.69) is 42.5 Å². The summed E-state index contributed by atoms with van der Waals surface area (Å²) in [7, 11) is 0. The van der Waals surface area contributed by atoms with Crippen LogP contribution in [-0.4, -0.2) is 29.5 Å². The van der Waals surface area contributed by atoms with Crippen molar-refractivity contribution in [2.75, 3.05) is 13.2 Å². The van der Waals surface area contributed by atoms with Crippen LogP contribution in [0.3, 0.4) is 0 Å². The van der Waals surface area contributed by atoms with Crippen molar-refractivity contribution in [3.05, 3.63) is 26.8 Å². The van der Waals surface area contributed by atoms with Crippen LogP contribution < -0.4 is 4.74 Å². The maximum absolute atomic E-state index is 9.30. The van der Waals surface area contributed by atoms with E-state index in [1.165, 1.54) is 3.57 Å². The van der Waals surface area contributed by atoms with Crippen LogP contribution in [0.4, 0.5) is 0 Å². The molecule has 0 amide bonds. The molecule has 0 radical (unpaired) electrons. The number of halogens is 1. The van der Waals surface area contributed by atoms with Gasteiger partial charge in [0.15, 0.2) is 0 Å². The molecule has 0 saturated heterocycles. The smallest absolute Gasteiger partial charge is 0.123 e. The topological polar surface area (TPSA) is 49.7 Å². The summed E-state index contributed by atoms with van der Waals surface area (Å²) < 4.78 is 6.78. The van der Waals surface area contributed by atoms with Gasteiger partial charge >= 0.3 is 0 Å². The van der Waals surface area contributed by atoms with Crippen LogP contribution in [0.2, 0.25) is 0 Å². The minimum Gasteiger partial charge on any atom is -0.490 e. The van der Waals surface area contributed by atoms with Gasteiger partial charge in [0.05, 0.1) is 6.61 Å². The maximum Gasteiger partial charge on any atom is 0.123 e. The molecule has 0 aliphatic heterocycles. The molecule has 0 aliphatic rings. The first kappa shape index (κ1) is 14.7. The maximum atomic E-state index is 9.30. The molecule has 0 saturated carbocycles. The predicted octanol–water partition coefficient (Wildman–Crippen LogP) is 2.46. The fraction of sp³-hybridized carbons (Fsp3) is 0.538. The standard InChI is InChI=1S/C13H19IO3/c1-8(2)11-5-12(14)9(3)4-13(11)17-7-10(16)6-15/h4-5,8,10,15-16H,6-7H2,1-3H3. The van der Waals surface area contributed by atoms with Crippen LogP contribution in [0.5, 0.6) is 5.75 Å². The van der Waals surface area contributed by atoms with Gasteiger partial charge in [0.1, 0.15) is 18.5 Å². The summed E-state index contributed by atoms with van der Waals surface area (Å²) >= 11 is 2.30. The van der Waals surface area contributed by atoms with E-state index in [-0.39, 0.29) is 13.2 Å². The zero-order chi connectivity index (χ0) is 13.0. The van der Waals surface area contributed by atoms with E-state index in [0.29, 0.717) is 5.92 Å². The largest absolute Gasteiger partial charge is 0.490 e. The third kappa shape index (κ3) is 4.12. The van der Waals surface area contributed by atoms with Crippen molar-refractivity contribution < 1.29 is 14.9 Å². The fourth-order valence-electron chi connectivity index (χ4n) is 1.49. The number of hydrogen-bond donors (Lipinski definition) is 2. The zero-order valence-corrected chi connectivity index (χ0v) is 12.6. The lowest BCUT2D eigenvalue weighted by Crippen LogP contribution is -2.21. The Hall–Kier alpha value is -0.330. The van der Waals surface area contributed by atoms with Crippen molar-refractivity contribution in [1.29, 1.82) is 0 Å². The first-order valence-corrected chi connectivity index (χ1v) is 6.75. The van der Waals surface area contributed by atoms with Crippen molar-refractivity contribution in [3.8, 4) is 5.75 Å². The Labute approximate surface area is 116 Å². The molecular formula is C13H19IO3. The van der Waals surface area contributed by atoms with E-state index < -0.39 is 6.10 Å². The van der Waals surface area contributed by atoms with E-state index in [1.54, 1.807) is 0 Å². The van der Waals surface area contributed by atoms with Gasteiger partial charge in [-0.3, -0.25) is 0 Å². The summed E-state index contributed by atoms with van der Waals surface area (Å²) in [4.78, 5) is 0. The summed E-state index contributed by atoms with van der Waals surface area (Å²) in [6.45, 7) is 6.09. The van der Waals surface area contributed by atoms with Gasteiger partial charge in [0, 0.05) is 3.57 Å². The number of hydrogen-bond acceptors (Lipinski definition) is 3. The highest BCUT2D eigenvalue weighted by molar-refractivity contribution is 14.1. The van der Waals surface area contributed by atoms with Crippen LogP contribution >= 0.6 is 22.6 Å². The van der Waals surface area contributed by atoms with Crippen LogP contribution in [0, 0.1) is 10.5 Å². The lowest BCUT2D eigenvalue weighted by atomic mass is 10.0. The quantitative estimate of drug-likeness (QED) is 0.803. The van der Waals surface area contributed by atoms with Gasteiger partial charge in [-0.1, -0.05) is 13.8 Å². The van der Waals surface area contributed by atoms with Crippen LogP contribution in [-0.2, 0) is 0 Å². The van der Waals surface area contributed by atoms with Gasteiger partial charge in [0.2, 0.25) is 0 Å². The molecule has 0 fully saturated rings. The molecule has 4 heteroatoms. The number of rotatable bonds is 5. The number of benzene rings is 1. The third-order valence-electron chi connectivity index (χ3n) is 2.56. The molecular weight excluding hydrogens is 331 g/mol.